The lowest BCUT2D eigenvalue weighted by molar-refractivity contribution is -0.161. The monoisotopic (exact) mass is 1480 g/mol. The number of rotatable bonds is 82. The van der Waals surface area contributed by atoms with E-state index in [-0.39, 0.29) is 25.7 Å². The fourth-order valence-corrected chi connectivity index (χ4v) is 14.3. The summed E-state index contributed by atoms with van der Waals surface area (Å²) in [6, 6.07) is 0. The summed E-state index contributed by atoms with van der Waals surface area (Å²) in [5, 5.41) is 10.7. The van der Waals surface area contributed by atoms with Gasteiger partial charge in [0.2, 0.25) is 0 Å². The number of ether oxygens (including phenoxy) is 4. The Labute approximate surface area is 619 Å². The molecule has 0 aromatic heterocycles. The summed E-state index contributed by atoms with van der Waals surface area (Å²) in [5.74, 6) is -1.31. The highest BCUT2D eigenvalue weighted by Gasteiger charge is 2.30. The maximum absolute atomic E-state index is 13.1. The molecule has 0 aromatic rings. The molecule has 0 radical (unpaired) electrons. The zero-order valence-corrected chi connectivity index (χ0v) is 67.8. The van der Waals surface area contributed by atoms with Crippen molar-refractivity contribution < 1.29 is 80.2 Å². The van der Waals surface area contributed by atoms with Crippen molar-refractivity contribution >= 4 is 39.5 Å². The first-order valence-corrected chi connectivity index (χ1v) is 45.6. The van der Waals surface area contributed by atoms with Gasteiger partial charge in [0.1, 0.15) is 19.3 Å². The molecule has 0 spiro atoms. The molecule has 0 aliphatic heterocycles. The van der Waals surface area contributed by atoms with E-state index in [0.29, 0.717) is 25.7 Å². The highest BCUT2D eigenvalue weighted by molar-refractivity contribution is 7.47. The van der Waals surface area contributed by atoms with Crippen LogP contribution < -0.4 is 0 Å². The van der Waals surface area contributed by atoms with Crippen LogP contribution in [0.3, 0.4) is 0 Å². The highest BCUT2D eigenvalue weighted by Crippen LogP contribution is 2.45. The number of aliphatic hydroxyl groups is 1. The van der Waals surface area contributed by atoms with E-state index in [9.17, 15) is 43.2 Å². The van der Waals surface area contributed by atoms with E-state index in [1.165, 1.54) is 263 Å². The van der Waals surface area contributed by atoms with Crippen LogP contribution >= 0.6 is 15.6 Å². The van der Waals surface area contributed by atoms with Crippen LogP contribution in [0.1, 0.15) is 439 Å². The molecule has 17 nitrogen and oxygen atoms in total. The van der Waals surface area contributed by atoms with Crippen molar-refractivity contribution in [3.63, 3.8) is 0 Å². The van der Waals surface area contributed by atoms with Crippen molar-refractivity contribution in [2.45, 2.75) is 457 Å². The molecular formula is C82H160O17P2. The lowest BCUT2D eigenvalue weighted by Crippen LogP contribution is -2.30. The first-order valence-electron chi connectivity index (χ1n) is 42.6. The molecule has 0 aliphatic rings. The molecule has 0 bridgehead atoms. The van der Waals surface area contributed by atoms with Crippen molar-refractivity contribution in [1.29, 1.82) is 0 Å². The topological polar surface area (TPSA) is 237 Å². The minimum atomic E-state index is -4.96. The van der Waals surface area contributed by atoms with Gasteiger partial charge in [-0.05, 0) is 31.6 Å². The fraction of sp³-hybridized carbons (Fsp3) is 0.951. The van der Waals surface area contributed by atoms with Gasteiger partial charge in [0.25, 0.3) is 0 Å². The van der Waals surface area contributed by atoms with E-state index in [1.54, 1.807) is 0 Å². The molecule has 0 heterocycles. The number of esters is 4. The SMILES string of the molecule is CCCCCCCCCCCCCCCCCCCCC(=O)O[C@H](COC(=O)CCCCCCCCCCCCCCCC(C)C)COP(=O)(O)OC[C@@H](O)COP(=O)(O)OC[C@@H](COC(=O)CCCCCCCCCCCCC)OC(=O)CCCCCCCCCCCCCCCCCC. The van der Waals surface area contributed by atoms with E-state index in [4.69, 9.17) is 37.0 Å². The van der Waals surface area contributed by atoms with Gasteiger partial charge in [0.15, 0.2) is 12.2 Å². The third-order valence-electron chi connectivity index (χ3n) is 19.3. The third-order valence-corrected chi connectivity index (χ3v) is 21.2. The molecule has 0 saturated carbocycles. The van der Waals surface area contributed by atoms with Crippen LogP contribution in [0.4, 0.5) is 0 Å². The van der Waals surface area contributed by atoms with Gasteiger partial charge in [0.05, 0.1) is 26.4 Å². The average molecular weight is 1480 g/mol. The molecule has 0 rings (SSSR count). The Kier molecular flexibility index (Phi) is 73.5. The molecule has 3 N–H and O–H groups in total. The van der Waals surface area contributed by atoms with Crippen LogP contribution in [-0.4, -0.2) is 96.7 Å². The lowest BCUT2D eigenvalue weighted by atomic mass is 10.0. The maximum atomic E-state index is 13.1. The number of phosphoric ester groups is 2. The summed E-state index contributed by atoms with van der Waals surface area (Å²) < 4.78 is 68.8. The summed E-state index contributed by atoms with van der Waals surface area (Å²) in [5.41, 5.74) is 0. The Morgan fingerprint density at radius 1 is 0.267 bits per heavy atom. The molecular weight excluding hydrogens is 1320 g/mol. The summed E-state index contributed by atoms with van der Waals surface area (Å²) >= 11 is 0. The van der Waals surface area contributed by atoms with Crippen molar-refractivity contribution in [3.05, 3.63) is 0 Å². The maximum Gasteiger partial charge on any atom is 0.472 e. The second-order valence-electron chi connectivity index (χ2n) is 30.0. The standard InChI is InChI=1S/C82H160O17P2/c1-6-9-12-15-18-21-24-26-28-30-31-33-37-43-48-53-58-63-68-82(87)99-78(72-93-80(85)66-61-56-51-46-41-38-34-35-40-44-49-54-59-64-75(4)5)74-97-101(90,91)95-70-76(83)69-94-100(88,89)96-73-77(71-92-79(84)65-60-55-50-45-39-23-20-17-14-11-8-3)98-81(86)67-62-57-52-47-42-36-32-29-27-25-22-19-16-13-10-7-2/h75-78,83H,6-74H2,1-5H3,(H,88,89)(H,90,91)/t76-,77+,78+/m0/s1. The molecule has 0 amide bonds. The Hall–Kier alpha value is -1.94. The smallest absolute Gasteiger partial charge is 0.462 e. The molecule has 0 aliphatic carbocycles. The molecule has 0 fully saturated rings. The minimum absolute atomic E-state index is 0.109. The van der Waals surface area contributed by atoms with Crippen LogP contribution in [0, 0.1) is 5.92 Å². The van der Waals surface area contributed by atoms with Crippen LogP contribution in [0.15, 0.2) is 0 Å². The normalized spacial score (nSPS) is 13.8. The second-order valence-corrected chi connectivity index (χ2v) is 32.9. The quantitative estimate of drug-likeness (QED) is 0.0222. The van der Waals surface area contributed by atoms with E-state index in [1.807, 2.05) is 0 Å². The van der Waals surface area contributed by atoms with E-state index >= 15 is 0 Å². The molecule has 0 aromatic carbocycles. The van der Waals surface area contributed by atoms with Gasteiger partial charge in [-0.25, -0.2) is 9.13 Å². The molecule has 101 heavy (non-hydrogen) atoms. The number of phosphoric acid groups is 2. The Morgan fingerprint density at radius 3 is 0.673 bits per heavy atom. The number of aliphatic hydroxyl groups excluding tert-OH is 1. The first-order chi connectivity index (χ1) is 49.0. The van der Waals surface area contributed by atoms with Gasteiger partial charge in [-0.15, -0.1) is 0 Å². The van der Waals surface area contributed by atoms with E-state index < -0.39 is 97.5 Å². The highest BCUT2D eigenvalue weighted by atomic mass is 31.2. The van der Waals surface area contributed by atoms with Gasteiger partial charge in [-0.1, -0.05) is 388 Å². The average Bonchev–Trinajstić information content (AvgIpc) is 0.941. The van der Waals surface area contributed by atoms with Crippen molar-refractivity contribution in [3.8, 4) is 0 Å². The number of hydrogen-bond acceptors (Lipinski definition) is 15. The van der Waals surface area contributed by atoms with Crippen LogP contribution in [0.2, 0.25) is 0 Å². The Morgan fingerprint density at radius 2 is 0.455 bits per heavy atom. The largest absolute Gasteiger partial charge is 0.472 e. The fourth-order valence-electron chi connectivity index (χ4n) is 12.8. The van der Waals surface area contributed by atoms with E-state index in [2.05, 4.69) is 34.6 Å². The van der Waals surface area contributed by atoms with Crippen molar-refractivity contribution in [1.82, 2.24) is 0 Å². The van der Waals surface area contributed by atoms with Gasteiger partial charge >= 0.3 is 39.5 Å². The minimum Gasteiger partial charge on any atom is -0.462 e. The Balaban J connectivity index is 5.25. The molecule has 19 heteroatoms. The number of hydrogen-bond donors (Lipinski definition) is 3. The van der Waals surface area contributed by atoms with Gasteiger partial charge in [-0.2, -0.15) is 0 Å². The zero-order chi connectivity index (χ0) is 74.1. The van der Waals surface area contributed by atoms with Crippen LogP contribution in [0.25, 0.3) is 0 Å². The zero-order valence-electron chi connectivity index (χ0n) is 66.1. The van der Waals surface area contributed by atoms with Gasteiger partial charge in [-0.3, -0.25) is 37.3 Å². The molecule has 600 valence electrons. The molecule has 2 unspecified atom stereocenters. The summed E-state index contributed by atoms with van der Waals surface area (Å²) in [4.78, 5) is 73.1. The van der Waals surface area contributed by atoms with E-state index in [0.717, 1.165) is 95.8 Å². The van der Waals surface area contributed by atoms with Crippen LogP contribution in [-0.2, 0) is 65.4 Å². The lowest BCUT2D eigenvalue weighted by Gasteiger charge is -2.21. The summed E-state index contributed by atoms with van der Waals surface area (Å²) in [7, 11) is -9.92. The van der Waals surface area contributed by atoms with Crippen LogP contribution in [0.5, 0.6) is 0 Å². The van der Waals surface area contributed by atoms with Gasteiger partial charge < -0.3 is 33.8 Å². The van der Waals surface area contributed by atoms with Gasteiger partial charge in [0, 0.05) is 25.7 Å². The molecule has 0 saturated heterocycles. The number of carbonyl (C=O) groups excluding carboxylic acids is 4. The first kappa shape index (κ1) is 99.1. The predicted octanol–water partition coefficient (Wildman–Crippen LogP) is 24.8. The number of unbranched alkanes of at least 4 members (excludes halogenated alkanes) is 54. The van der Waals surface area contributed by atoms with Crippen molar-refractivity contribution in [2.24, 2.45) is 5.92 Å². The number of carbonyl (C=O) groups is 4. The van der Waals surface area contributed by atoms with Crippen molar-refractivity contribution in [2.75, 3.05) is 39.6 Å². The predicted molar refractivity (Wildman–Crippen MR) is 414 cm³/mol. The summed E-state index contributed by atoms with van der Waals surface area (Å²) in [6.07, 6.45) is 66.4. The third kappa shape index (κ3) is 76.1. The summed E-state index contributed by atoms with van der Waals surface area (Å²) in [6.45, 7) is 7.36. The second kappa shape index (κ2) is 74.9. The molecule has 5 atom stereocenters. The Bertz CT molecular complexity index is 1930.